The molecule has 2 aliphatic heterocycles. The maximum absolute atomic E-state index is 10.8. The first-order valence-electron chi connectivity index (χ1n) is 3.15. The molecule has 2 aliphatic rings. The lowest BCUT2D eigenvalue weighted by Gasteiger charge is -2.02. The second kappa shape index (κ2) is 1.32. The first kappa shape index (κ1) is 4.50. The number of rotatable bonds is 0. The van der Waals surface area contributed by atoms with Gasteiger partial charge in [0.1, 0.15) is 0 Å². The zero-order valence-corrected chi connectivity index (χ0v) is 4.68. The SMILES string of the molecule is O=C1C[C@@H]2CC[C@H]1N2. The average Bonchev–Trinajstić information content (AvgIpc) is 2.23. The van der Waals surface area contributed by atoms with Crippen LogP contribution in [0.2, 0.25) is 0 Å². The summed E-state index contributed by atoms with van der Waals surface area (Å²) in [5, 5.41) is 3.23. The Morgan fingerprint density at radius 1 is 1.50 bits per heavy atom. The predicted molar refractivity (Wildman–Crippen MR) is 29.6 cm³/mol. The van der Waals surface area contributed by atoms with Crippen LogP contribution in [0.1, 0.15) is 19.3 Å². The Labute approximate surface area is 48.3 Å². The number of Topliss-reactive ketones (excluding diaryl/α,β-unsaturated/α-hetero) is 1. The van der Waals surface area contributed by atoms with E-state index in [1.54, 1.807) is 0 Å². The maximum Gasteiger partial charge on any atom is 0.151 e. The smallest absolute Gasteiger partial charge is 0.151 e. The molecule has 1 N–H and O–H groups in total. The normalized spacial score (nSPS) is 43.8. The van der Waals surface area contributed by atoms with E-state index >= 15 is 0 Å². The lowest BCUT2D eigenvalue weighted by atomic mass is 10.00. The third-order valence-corrected chi connectivity index (χ3v) is 2.08. The van der Waals surface area contributed by atoms with E-state index < -0.39 is 0 Å². The molecule has 0 aromatic carbocycles. The van der Waals surface area contributed by atoms with Gasteiger partial charge in [-0.15, -0.1) is 0 Å². The van der Waals surface area contributed by atoms with E-state index in [0.29, 0.717) is 11.8 Å². The van der Waals surface area contributed by atoms with Crippen molar-refractivity contribution in [3.63, 3.8) is 0 Å². The first-order chi connectivity index (χ1) is 3.86. The first-order valence-corrected chi connectivity index (χ1v) is 3.15. The third-order valence-electron chi connectivity index (χ3n) is 2.08. The van der Waals surface area contributed by atoms with Crippen molar-refractivity contribution in [2.45, 2.75) is 31.3 Å². The highest BCUT2D eigenvalue weighted by Gasteiger charge is 2.37. The standard InChI is InChI=1S/C6H9NO/c8-6-3-4-1-2-5(6)7-4/h4-5,7H,1-3H2/t4-,5+/m0/s1. The highest BCUT2D eigenvalue weighted by Crippen LogP contribution is 2.24. The summed E-state index contributed by atoms with van der Waals surface area (Å²) in [6, 6.07) is 0.799. The average molecular weight is 111 g/mol. The zero-order chi connectivity index (χ0) is 5.56. The molecule has 2 rings (SSSR count). The van der Waals surface area contributed by atoms with E-state index in [1.807, 2.05) is 0 Å². The van der Waals surface area contributed by atoms with Gasteiger partial charge in [0.2, 0.25) is 0 Å². The fourth-order valence-electron chi connectivity index (χ4n) is 1.62. The molecule has 0 spiro atoms. The summed E-state index contributed by atoms with van der Waals surface area (Å²) in [4.78, 5) is 10.8. The van der Waals surface area contributed by atoms with Crippen LogP contribution in [0.3, 0.4) is 0 Å². The Morgan fingerprint density at radius 2 is 2.38 bits per heavy atom. The molecular formula is C6H9NO. The molecule has 2 saturated heterocycles. The second-order valence-electron chi connectivity index (χ2n) is 2.66. The van der Waals surface area contributed by atoms with Crippen molar-refractivity contribution in [3.8, 4) is 0 Å². The van der Waals surface area contributed by atoms with E-state index in [9.17, 15) is 4.79 Å². The Bertz CT molecular complexity index is 132. The van der Waals surface area contributed by atoms with Crippen LogP contribution in [0.25, 0.3) is 0 Å². The molecule has 0 amide bonds. The van der Waals surface area contributed by atoms with Gasteiger partial charge in [0.05, 0.1) is 6.04 Å². The molecule has 2 nitrogen and oxygen atoms in total. The number of hydrogen-bond acceptors (Lipinski definition) is 2. The van der Waals surface area contributed by atoms with Gasteiger partial charge in [-0.25, -0.2) is 0 Å². The minimum Gasteiger partial charge on any atom is -0.304 e. The number of hydrogen-bond donors (Lipinski definition) is 1. The van der Waals surface area contributed by atoms with Crippen LogP contribution in [0.5, 0.6) is 0 Å². The zero-order valence-electron chi connectivity index (χ0n) is 4.68. The minimum absolute atomic E-state index is 0.250. The number of fused-ring (bicyclic) bond motifs is 2. The predicted octanol–water partition coefficient (Wildman–Crippen LogP) is 0.0798. The summed E-state index contributed by atoms with van der Waals surface area (Å²) in [5.41, 5.74) is 0. The summed E-state index contributed by atoms with van der Waals surface area (Å²) in [5.74, 6) is 0.432. The van der Waals surface area contributed by atoms with Crippen molar-refractivity contribution in [1.82, 2.24) is 5.32 Å². The van der Waals surface area contributed by atoms with E-state index in [4.69, 9.17) is 0 Å². The van der Waals surface area contributed by atoms with Crippen molar-refractivity contribution in [1.29, 1.82) is 0 Å². The van der Waals surface area contributed by atoms with Gasteiger partial charge in [-0.3, -0.25) is 4.79 Å². The van der Waals surface area contributed by atoms with Crippen molar-refractivity contribution in [3.05, 3.63) is 0 Å². The van der Waals surface area contributed by atoms with Crippen molar-refractivity contribution < 1.29 is 4.79 Å². The van der Waals surface area contributed by atoms with Crippen molar-refractivity contribution >= 4 is 5.78 Å². The Kier molecular flexibility index (Phi) is 0.742. The Morgan fingerprint density at radius 3 is 2.62 bits per heavy atom. The number of ketones is 1. The second-order valence-corrected chi connectivity index (χ2v) is 2.66. The van der Waals surface area contributed by atoms with Crippen LogP contribution >= 0.6 is 0 Å². The molecule has 2 fully saturated rings. The molecule has 2 heterocycles. The molecule has 0 aromatic rings. The van der Waals surface area contributed by atoms with Crippen LogP contribution in [-0.2, 0) is 4.79 Å². The lowest BCUT2D eigenvalue weighted by molar-refractivity contribution is -0.119. The van der Waals surface area contributed by atoms with Gasteiger partial charge in [0.15, 0.2) is 5.78 Å². The van der Waals surface area contributed by atoms with Gasteiger partial charge in [-0.2, -0.15) is 0 Å². The van der Waals surface area contributed by atoms with Crippen molar-refractivity contribution in [2.75, 3.05) is 0 Å². The molecule has 2 bridgehead atoms. The van der Waals surface area contributed by atoms with Gasteiger partial charge in [-0.1, -0.05) is 0 Å². The third kappa shape index (κ3) is 0.436. The van der Waals surface area contributed by atoms with Crippen LogP contribution in [0, 0.1) is 0 Å². The summed E-state index contributed by atoms with van der Waals surface area (Å²) in [6.07, 6.45) is 3.10. The number of carbonyl (C=O) groups excluding carboxylic acids is 1. The molecular weight excluding hydrogens is 102 g/mol. The van der Waals surface area contributed by atoms with Crippen LogP contribution < -0.4 is 5.32 Å². The maximum atomic E-state index is 10.8. The van der Waals surface area contributed by atoms with Crippen LogP contribution in [0.4, 0.5) is 0 Å². The summed E-state index contributed by atoms with van der Waals surface area (Å²) in [6.45, 7) is 0. The molecule has 0 unspecified atom stereocenters. The van der Waals surface area contributed by atoms with Gasteiger partial charge < -0.3 is 5.32 Å². The summed E-state index contributed by atoms with van der Waals surface area (Å²) < 4.78 is 0. The van der Waals surface area contributed by atoms with E-state index in [1.165, 1.54) is 6.42 Å². The fourth-order valence-corrected chi connectivity index (χ4v) is 1.62. The van der Waals surface area contributed by atoms with Crippen LogP contribution in [0.15, 0.2) is 0 Å². The monoisotopic (exact) mass is 111 g/mol. The van der Waals surface area contributed by atoms with Gasteiger partial charge in [0.25, 0.3) is 0 Å². The minimum atomic E-state index is 0.250. The molecule has 0 aromatic heterocycles. The molecule has 0 aliphatic carbocycles. The quantitative estimate of drug-likeness (QED) is 0.479. The molecule has 8 heavy (non-hydrogen) atoms. The van der Waals surface area contributed by atoms with E-state index in [0.717, 1.165) is 12.8 Å². The fraction of sp³-hybridized carbons (Fsp3) is 0.833. The topological polar surface area (TPSA) is 29.1 Å². The number of carbonyl (C=O) groups is 1. The van der Waals surface area contributed by atoms with E-state index in [-0.39, 0.29) is 6.04 Å². The van der Waals surface area contributed by atoms with Gasteiger partial charge >= 0.3 is 0 Å². The largest absolute Gasteiger partial charge is 0.304 e. The molecule has 0 saturated carbocycles. The summed E-state index contributed by atoms with van der Waals surface area (Å²) >= 11 is 0. The molecule has 2 atom stereocenters. The highest BCUT2D eigenvalue weighted by molar-refractivity contribution is 5.87. The number of nitrogens with one attached hydrogen (secondary N) is 1. The Balaban J connectivity index is 2.22. The summed E-state index contributed by atoms with van der Waals surface area (Å²) in [7, 11) is 0. The molecule has 44 valence electrons. The highest BCUT2D eigenvalue weighted by atomic mass is 16.1. The van der Waals surface area contributed by atoms with Gasteiger partial charge in [-0.05, 0) is 12.8 Å². The lowest BCUT2D eigenvalue weighted by Crippen LogP contribution is -2.22. The Hall–Kier alpha value is -0.370. The van der Waals surface area contributed by atoms with E-state index in [2.05, 4.69) is 5.32 Å². The molecule has 0 radical (unpaired) electrons. The molecule has 2 heteroatoms. The van der Waals surface area contributed by atoms with Gasteiger partial charge in [0, 0.05) is 12.5 Å². The van der Waals surface area contributed by atoms with Crippen molar-refractivity contribution in [2.24, 2.45) is 0 Å². The van der Waals surface area contributed by atoms with Crippen LogP contribution in [-0.4, -0.2) is 17.9 Å².